The van der Waals surface area contributed by atoms with Gasteiger partial charge in [0.1, 0.15) is 5.82 Å². The highest BCUT2D eigenvalue weighted by molar-refractivity contribution is 5.90. The third kappa shape index (κ3) is 2.61. The highest BCUT2D eigenvalue weighted by atomic mass is 19.1. The van der Waals surface area contributed by atoms with Crippen LogP contribution in [0, 0.1) is 19.7 Å². The average Bonchev–Trinajstić information content (AvgIpc) is 2.80. The van der Waals surface area contributed by atoms with Crippen LogP contribution in [0.4, 0.5) is 4.39 Å². The highest BCUT2D eigenvalue weighted by Gasteiger charge is 2.19. The summed E-state index contributed by atoms with van der Waals surface area (Å²) in [5, 5.41) is 0. The van der Waals surface area contributed by atoms with Crippen molar-refractivity contribution in [1.29, 1.82) is 0 Å². The molecule has 0 saturated carbocycles. The molecule has 3 rings (SSSR count). The zero-order valence-electron chi connectivity index (χ0n) is 13.7. The first-order chi connectivity index (χ1) is 11.0. The summed E-state index contributed by atoms with van der Waals surface area (Å²) in [6.45, 7) is 8.16. The Hall–Kier alpha value is -2.61. The van der Waals surface area contributed by atoms with Gasteiger partial charge in [0.25, 0.3) is 0 Å². The van der Waals surface area contributed by atoms with E-state index in [1.54, 1.807) is 0 Å². The van der Waals surface area contributed by atoms with Crippen LogP contribution in [0.25, 0.3) is 28.5 Å². The molecule has 0 fully saturated rings. The minimum atomic E-state index is -0.222. The van der Waals surface area contributed by atoms with Crippen molar-refractivity contribution in [3.8, 4) is 22.4 Å². The van der Waals surface area contributed by atoms with Crippen LogP contribution >= 0.6 is 0 Å². The minimum Gasteiger partial charge on any atom is -0.347 e. The molecule has 3 aromatic rings. The van der Waals surface area contributed by atoms with Crippen molar-refractivity contribution in [2.75, 3.05) is 0 Å². The largest absolute Gasteiger partial charge is 0.347 e. The molecule has 0 aliphatic carbocycles. The van der Waals surface area contributed by atoms with E-state index in [2.05, 4.69) is 49.3 Å². The Kier molecular flexibility index (Phi) is 3.91. The second kappa shape index (κ2) is 5.88. The second-order valence-corrected chi connectivity index (χ2v) is 5.86. The van der Waals surface area contributed by atoms with Gasteiger partial charge in [-0.1, -0.05) is 42.5 Å². The van der Waals surface area contributed by atoms with Crippen molar-refractivity contribution >= 4 is 6.08 Å². The zero-order chi connectivity index (χ0) is 16.6. The molecule has 23 heavy (non-hydrogen) atoms. The molecule has 1 heterocycles. The maximum atomic E-state index is 13.3. The molecule has 0 spiro atoms. The van der Waals surface area contributed by atoms with Crippen LogP contribution in [0.3, 0.4) is 0 Å². The van der Waals surface area contributed by atoms with Gasteiger partial charge in [-0.05, 0) is 49.2 Å². The number of halogens is 1. The van der Waals surface area contributed by atoms with Crippen LogP contribution in [0.1, 0.15) is 16.8 Å². The molecule has 2 aromatic carbocycles. The van der Waals surface area contributed by atoms with Gasteiger partial charge in [-0.3, -0.25) is 0 Å². The molecule has 0 bridgehead atoms. The van der Waals surface area contributed by atoms with Crippen molar-refractivity contribution in [3.63, 3.8) is 0 Å². The number of benzene rings is 2. The summed E-state index contributed by atoms with van der Waals surface area (Å²) in [4.78, 5) is 0. The quantitative estimate of drug-likeness (QED) is 0.580. The van der Waals surface area contributed by atoms with E-state index in [-0.39, 0.29) is 5.82 Å². The van der Waals surface area contributed by atoms with E-state index in [0.29, 0.717) is 0 Å². The van der Waals surface area contributed by atoms with Crippen molar-refractivity contribution in [3.05, 3.63) is 77.7 Å². The average molecular weight is 305 g/mol. The minimum absolute atomic E-state index is 0.222. The molecular formula is C21H20FN. The Bertz CT molecular complexity index is 870. The van der Waals surface area contributed by atoms with Gasteiger partial charge in [-0.2, -0.15) is 0 Å². The normalized spacial score (nSPS) is 10.8. The first kappa shape index (κ1) is 15.3. The molecule has 0 unspecified atom stereocenters. The summed E-state index contributed by atoms with van der Waals surface area (Å²) in [5.41, 5.74) is 7.88. The van der Waals surface area contributed by atoms with Gasteiger partial charge in [-0.25, -0.2) is 4.39 Å². The van der Waals surface area contributed by atoms with Gasteiger partial charge in [0, 0.05) is 23.9 Å². The fraction of sp³-hybridized carbons (Fsp3) is 0.143. The Morgan fingerprint density at radius 2 is 1.70 bits per heavy atom. The van der Waals surface area contributed by atoms with E-state index in [0.717, 1.165) is 33.6 Å². The first-order valence-corrected chi connectivity index (χ1v) is 7.67. The molecule has 0 atom stereocenters. The maximum absolute atomic E-state index is 13.3. The molecule has 0 aliphatic heterocycles. The number of nitrogens with zero attached hydrogens (tertiary/aromatic N) is 1. The van der Waals surface area contributed by atoms with E-state index in [9.17, 15) is 4.39 Å². The third-order valence-corrected chi connectivity index (χ3v) is 4.36. The Balaban J connectivity index is 2.35. The summed E-state index contributed by atoms with van der Waals surface area (Å²) >= 11 is 0. The van der Waals surface area contributed by atoms with Gasteiger partial charge in [0.15, 0.2) is 0 Å². The lowest BCUT2D eigenvalue weighted by molar-refractivity contribution is 0.628. The molecule has 0 amide bonds. The van der Waals surface area contributed by atoms with Crippen LogP contribution in [0.5, 0.6) is 0 Å². The Morgan fingerprint density at radius 3 is 2.30 bits per heavy atom. The van der Waals surface area contributed by atoms with E-state index >= 15 is 0 Å². The number of rotatable bonds is 3. The maximum Gasteiger partial charge on any atom is 0.123 e. The van der Waals surface area contributed by atoms with E-state index in [1.807, 2.05) is 25.3 Å². The van der Waals surface area contributed by atoms with Gasteiger partial charge in [0.05, 0.1) is 5.69 Å². The van der Waals surface area contributed by atoms with Gasteiger partial charge >= 0.3 is 0 Å². The number of aryl methyl sites for hydroxylation is 1. The van der Waals surface area contributed by atoms with Crippen molar-refractivity contribution in [1.82, 2.24) is 4.57 Å². The number of hydrogen-bond acceptors (Lipinski definition) is 0. The molecule has 116 valence electrons. The third-order valence-electron chi connectivity index (χ3n) is 4.36. The second-order valence-electron chi connectivity index (χ2n) is 5.86. The molecule has 1 aromatic heterocycles. The molecule has 0 N–H and O–H groups in total. The summed E-state index contributed by atoms with van der Waals surface area (Å²) in [5.74, 6) is -0.222. The summed E-state index contributed by atoms with van der Waals surface area (Å²) in [6.07, 6.45) is 1.90. The lowest BCUT2D eigenvalue weighted by Crippen LogP contribution is -1.95. The van der Waals surface area contributed by atoms with Crippen LogP contribution in [-0.2, 0) is 7.05 Å². The van der Waals surface area contributed by atoms with Gasteiger partial charge in [0.2, 0.25) is 0 Å². The van der Waals surface area contributed by atoms with Crippen LogP contribution in [0.15, 0.2) is 55.1 Å². The SMILES string of the molecule is C=Cc1c(-c2cccc(C)c2)c(-c2ccc(F)cc2)n(C)c1C. The number of aromatic nitrogens is 1. The summed E-state index contributed by atoms with van der Waals surface area (Å²) in [6, 6.07) is 15.1. The fourth-order valence-electron chi connectivity index (χ4n) is 3.11. The highest BCUT2D eigenvalue weighted by Crippen LogP contribution is 2.39. The molecule has 0 radical (unpaired) electrons. The van der Waals surface area contributed by atoms with Crippen LogP contribution in [0.2, 0.25) is 0 Å². The molecule has 2 heteroatoms. The Labute approximate surface area is 136 Å². The van der Waals surface area contributed by atoms with E-state index in [4.69, 9.17) is 0 Å². The summed E-state index contributed by atoms with van der Waals surface area (Å²) in [7, 11) is 2.04. The lowest BCUT2D eigenvalue weighted by Gasteiger charge is -2.10. The Morgan fingerprint density at radius 1 is 1.00 bits per heavy atom. The lowest BCUT2D eigenvalue weighted by atomic mass is 9.96. The van der Waals surface area contributed by atoms with Crippen LogP contribution in [-0.4, -0.2) is 4.57 Å². The predicted octanol–water partition coefficient (Wildman–Crippen LogP) is 5.76. The topological polar surface area (TPSA) is 4.93 Å². The van der Waals surface area contributed by atoms with Crippen molar-refractivity contribution < 1.29 is 4.39 Å². The zero-order valence-corrected chi connectivity index (χ0v) is 13.7. The molecule has 0 saturated heterocycles. The molecular weight excluding hydrogens is 285 g/mol. The van der Waals surface area contributed by atoms with Gasteiger partial charge < -0.3 is 4.57 Å². The molecule has 1 nitrogen and oxygen atoms in total. The van der Waals surface area contributed by atoms with Gasteiger partial charge in [-0.15, -0.1) is 0 Å². The van der Waals surface area contributed by atoms with E-state index in [1.165, 1.54) is 17.7 Å². The first-order valence-electron chi connectivity index (χ1n) is 7.67. The smallest absolute Gasteiger partial charge is 0.123 e. The number of hydrogen-bond donors (Lipinski definition) is 0. The summed E-state index contributed by atoms with van der Waals surface area (Å²) < 4.78 is 15.5. The van der Waals surface area contributed by atoms with Crippen molar-refractivity contribution in [2.24, 2.45) is 7.05 Å². The fourth-order valence-corrected chi connectivity index (χ4v) is 3.11. The van der Waals surface area contributed by atoms with E-state index < -0.39 is 0 Å². The molecule has 0 aliphatic rings. The predicted molar refractivity (Wildman–Crippen MR) is 95.8 cm³/mol. The standard InChI is InChI=1S/C21H20FN/c1-5-19-15(3)23(4)21(16-9-11-18(22)12-10-16)20(19)17-8-6-7-14(2)13-17/h5-13H,1H2,2-4H3. The monoisotopic (exact) mass is 305 g/mol. The van der Waals surface area contributed by atoms with Crippen molar-refractivity contribution in [2.45, 2.75) is 13.8 Å². The van der Waals surface area contributed by atoms with Crippen LogP contribution < -0.4 is 0 Å².